The van der Waals surface area contributed by atoms with Crippen LogP contribution in [0.2, 0.25) is 0 Å². The second-order valence-electron chi connectivity index (χ2n) is 7.92. The van der Waals surface area contributed by atoms with Crippen molar-refractivity contribution in [2.45, 2.75) is 54.2 Å². The summed E-state index contributed by atoms with van der Waals surface area (Å²) in [5, 5.41) is 10.9. The number of carbonyl (C=O) groups excluding carboxylic acids is 1. The van der Waals surface area contributed by atoms with E-state index in [4.69, 9.17) is 4.74 Å². The van der Waals surface area contributed by atoms with Gasteiger partial charge in [0.25, 0.3) is 0 Å². The Hall–Kier alpha value is -2.45. The lowest BCUT2D eigenvalue weighted by Gasteiger charge is -2.45. The largest absolute Gasteiger partial charge is 0.485 e. The predicted molar refractivity (Wildman–Crippen MR) is 103 cm³/mol. The lowest BCUT2D eigenvalue weighted by atomic mass is 9.85. The van der Waals surface area contributed by atoms with Gasteiger partial charge in [-0.3, -0.25) is 4.79 Å². The number of likely N-dealkylation sites (tertiary alicyclic amines) is 1. The van der Waals surface area contributed by atoms with Crippen LogP contribution in [0.25, 0.3) is 0 Å². The first-order valence-corrected chi connectivity index (χ1v) is 10.9. The minimum Gasteiger partial charge on any atom is -0.485 e. The molecule has 2 aliphatic rings. The van der Waals surface area contributed by atoms with Crippen LogP contribution in [0.15, 0.2) is 52.3 Å². The number of ether oxygens (including phenoxy) is 1. The van der Waals surface area contributed by atoms with Gasteiger partial charge in [-0.2, -0.15) is 0 Å². The molecular weight excluding hydrogens is 397 g/mol. The Labute approximate surface area is 168 Å². The summed E-state index contributed by atoms with van der Waals surface area (Å²) in [6.07, 6.45) is 0.00216. The first-order chi connectivity index (χ1) is 13.6. The quantitative estimate of drug-likeness (QED) is 0.827. The number of benzene rings is 2. The number of halogens is 1. The molecule has 2 aromatic carbocycles. The number of sulfone groups is 1. The zero-order valence-electron chi connectivity index (χ0n) is 16.1. The van der Waals surface area contributed by atoms with Crippen molar-refractivity contribution in [3.05, 3.63) is 53.8 Å². The monoisotopic (exact) mass is 419 g/mol. The highest BCUT2D eigenvalue weighted by atomic mass is 32.2. The highest BCUT2D eigenvalue weighted by Gasteiger charge is 2.47. The maximum Gasteiger partial charge on any atom is 0.223 e. The van der Waals surface area contributed by atoms with Crippen LogP contribution >= 0.6 is 0 Å². The Kier molecular flexibility index (Phi) is 4.66. The number of hydrogen-bond acceptors (Lipinski definition) is 5. The van der Waals surface area contributed by atoms with Crippen LogP contribution < -0.4 is 4.74 Å². The van der Waals surface area contributed by atoms with Crippen LogP contribution in [0, 0.1) is 5.82 Å². The van der Waals surface area contributed by atoms with E-state index in [1.807, 2.05) is 0 Å². The Morgan fingerprint density at radius 2 is 1.93 bits per heavy atom. The molecule has 0 saturated carbocycles. The molecule has 8 heteroatoms. The molecule has 1 amide bonds. The molecular formula is C21H22FNO5S. The maximum atomic E-state index is 14.2. The van der Waals surface area contributed by atoms with Gasteiger partial charge in [0.15, 0.2) is 0 Å². The van der Waals surface area contributed by atoms with Crippen LogP contribution in [0.3, 0.4) is 0 Å². The van der Waals surface area contributed by atoms with Crippen molar-refractivity contribution in [2.75, 3.05) is 6.54 Å². The van der Waals surface area contributed by atoms with E-state index in [9.17, 15) is 22.7 Å². The summed E-state index contributed by atoms with van der Waals surface area (Å²) in [6, 6.07) is 8.68. The number of hydrogen-bond donors (Lipinski definition) is 1. The lowest BCUT2D eigenvalue weighted by molar-refractivity contribution is -0.139. The zero-order chi connectivity index (χ0) is 21.0. The van der Waals surface area contributed by atoms with Gasteiger partial charge in [-0.05, 0) is 50.6 Å². The third kappa shape index (κ3) is 3.20. The molecule has 29 heavy (non-hydrogen) atoms. The SMILES string of the molecule is CC1(C)Oc2ccc(S(=O)(=O)c3ccccc3F)cc2[C@@H](N2CCCC2=O)[C@@H]1O. The van der Waals surface area contributed by atoms with Crippen LogP contribution in [-0.4, -0.2) is 42.6 Å². The van der Waals surface area contributed by atoms with Gasteiger partial charge in [0.05, 0.1) is 10.9 Å². The highest BCUT2D eigenvalue weighted by Crippen LogP contribution is 2.45. The van der Waals surface area contributed by atoms with E-state index < -0.39 is 38.3 Å². The van der Waals surface area contributed by atoms with Crippen molar-refractivity contribution < 1.29 is 27.4 Å². The van der Waals surface area contributed by atoms with Crippen LogP contribution in [-0.2, 0) is 14.6 Å². The summed E-state index contributed by atoms with van der Waals surface area (Å²) in [6.45, 7) is 3.91. The van der Waals surface area contributed by atoms with E-state index in [0.717, 1.165) is 6.07 Å². The first-order valence-electron chi connectivity index (χ1n) is 9.43. The van der Waals surface area contributed by atoms with Gasteiger partial charge < -0.3 is 14.7 Å². The maximum absolute atomic E-state index is 14.2. The molecule has 0 aliphatic carbocycles. The second kappa shape index (κ2) is 6.81. The molecule has 1 saturated heterocycles. The summed E-state index contributed by atoms with van der Waals surface area (Å²) in [7, 11) is -4.13. The molecule has 154 valence electrons. The van der Waals surface area contributed by atoms with E-state index in [0.29, 0.717) is 30.7 Å². The van der Waals surface area contributed by atoms with Crippen LogP contribution in [0.5, 0.6) is 5.75 Å². The van der Waals surface area contributed by atoms with Gasteiger partial charge in [-0.25, -0.2) is 12.8 Å². The van der Waals surface area contributed by atoms with E-state index in [1.165, 1.54) is 36.4 Å². The summed E-state index contributed by atoms with van der Waals surface area (Å²) >= 11 is 0. The first kappa shape index (κ1) is 19.8. The zero-order valence-corrected chi connectivity index (χ0v) is 16.9. The van der Waals surface area contributed by atoms with Gasteiger partial charge in [0.2, 0.25) is 15.7 Å². The van der Waals surface area contributed by atoms with Gasteiger partial charge in [0, 0.05) is 18.5 Å². The number of amides is 1. The lowest BCUT2D eigenvalue weighted by Crippen LogP contribution is -2.53. The third-order valence-electron chi connectivity index (χ3n) is 5.57. The van der Waals surface area contributed by atoms with Crippen molar-refractivity contribution in [3.63, 3.8) is 0 Å². The van der Waals surface area contributed by atoms with Crippen molar-refractivity contribution in [3.8, 4) is 5.75 Å². The molecule has 2 heterocycles. The molecule has 6 nitrogen and oxygen atoms in total. The van der Waals surface area contributed by atoms with Gasteiger partial charge >= 0.3 is 0 Å². The average Bonchev–Trinajstić information content (AvgIpc) is 3.08. The number of rotatable bonds is 3. The molecule has 0 spiro atoms. The van der Waals surface area contributed by atoms with Crippen LogP contribution in [0.1, 0.15) is 38.3 Å². The van der Waals surface area contributed by atoms with Crippen molar-refractivity contribution >= 4 is 15.7 Å². The van der Waals surface area contributed by atoms with Crippen molar-refractivity contribution in [1.82, 2.24) is 4.90 Å². The number of aliphatic hydroxyl groups excluding tert-OH is 1. The Morgan fingerprint density at radius 1 is 1.21 bits per heavy atom. The Morgan fingerprint density at radius 3 is 2.59 bits per heavy atom. The number of nitrogens with zero attached hydrogens (tertiary/aromatic N) is 1. The molecule has 0 bridgehead atoms. The van der Waals surface area contributed by atoms with Gasteiger partial charge in [-0.15, -0.1) is 0 Å². The standard InChI is InChI=1S/C21H22FNO5S/c1-21(2)20(25)19(23-11-5-8-18(23)24)14-12-13(9-10-16(14)28-21)29(26,27)17-7-4-3-6-15(17)22/h3-4,6-7,9-10,12,19-20,25H,5,8,11H2,1-2H3/t19-,20+/m1/s1. The molecule has 2 aliphatic heterocycles. The molecule has 1 fully saturated rings. The number of carbonyl (C=O) groups is 1. The Balaban J connectivity index is 1.86. The highest BCUT2D eigenvalue weighted by molar-refractivity contribution is 7.91. The fourth-order valence-corrected chi connectivity index (χ4v) is 5.37. The number of aliphatic hydroxyl groups is 1. The fourth-order valence-electron chi connectivity index (χ4n) is 4.00. The average molecular weight is 419 g/mol. The van der Waals surface area contributed by atoms with E-state index in [2.05, 4.69) is 0 Å². The third-order valence-corrected chi connectivity index (χ3v) is 7.35. The summed E-state index contributed by atoms with van der Waals surface area (Å²) < 4.78 is 46.1. The molecule has 0 radical (unpaired) electrons. The topological polar surface area (TPSA) is 83.9 Å². The molecule has 0 unspecified atom stereocenters. The normalized spacial score (nSPS) is 23.6. The van der Waals surface area contributed by atoms with Crippen LogP contribution in [0.4, 0.5) is 4.39 Å². The molecule has 4 rings (SSSR count). The van der Waals surface area contributed by atoms with Gasteiger partial charge in [-0.1, -0.05) is 12.1 Å². The summed E-state index contributed by atoms with van der Waals surface area (Å²) in [5.74, 6) is -0.536. The smallest absolute Gasteiger partial charge is 0.223 e. The molecule has 1 N–H and O–H groups in total. The molecule has 0 aromatic heterocycles. The molecule has 2 atom stereocenters. The minimum absolute atomic E-state index is 0.0972. The molecule has 2 aromatic rings. The Bertz CT molecular complexity index is 1080. The van der Waals surface area contributed by atoms with E-state index in [1.54, 1.807) is 18.7 Å². The fraction of sp³-hybridized carbons (Fsp3) is 0.381. The van der Waals surface area contributed by atoms with Gasteiger partial charge in [0.1, 0.15) is 28.2 Å². The predicted octanol–water partition coefficient (Wildman–Crippen LogP) is 2.85. The van der Waals surface area contributed by atoms with E-state index in [-0.39, 0.29) is 10.8 Å². The van der Waals surface area contributed by atoms with E-state index >= 15 is 0 Å². The van der Waals surface area contributed by atoms with Crippen molar-refractivity contribution in [2.24, 2.45) is 0 Å². The van der Waals surface area contributed by atoms with Crippen molar-refractivity contribution in [1.29, 1.82) is 0 Å². The minimum atomic E-state index is -4.13. The summed E-state index contributed by atoms with van der Waals surface area (Å²) in [5.41, 5.74) is -0.559. The second-order valence-corrected chi connectivity index (χ2v) is 9.84. The summed E-state index contributed by atoms with van der Waals surface area (Å²) in [4.78, 5) is 13.4. The number of fused-ring (bicyclic) bond motifs is 1.